The van der Waals surface area contributed by atoms with Gasteiger partial charge in [-0.25, -0.2) is 13.8 Å². The minimum Gasteiger partial charge on any atom is -0.378 e. The van der Waals surface area contributed by atoms with Crippen LogP contribution in [0, 0.1) is 18.6 Å². The average Bonchev–Trinajstić information content (AvgIpc) is 2.97. The van der Waals surface area contributed by atoms with Gasteiger partial charge in [0.1, 0.15) is 17.5 Å². The number of aryl methyl sites for hydroxylation is 1. The van der Waals surface area contributed by atoms with Gasteiger partial charge >= 0.3 is 0 Å². The van der Waals surface area contributed by atoms with Gasteiger partial charge in [0.05, 0.1) is 29.9 Å². The number of amides is 1. The third-order valence-corrected chi connectivity index (χ3v) is 4.52. The molecule has 1 aromatic heterocycles. The minimum atomic E-state index is -0.666. The molecule has 1 aliphatic heterocycles. The highest BCUT2D eigenvalue weighted by Crippen LogP contribution is 2.25. The first-order valence-electron chi connectivity index (χ1n) is 8.36. The Balaban J connectivity index is 1.76. The lowest BCUT2D eigenvalue weighted by atomic mass is 10.1. The number of fused-ring (bicyclic) bond motifs is 1. The third-order valence-electron chi connectivity index (χ3n) is 4.52. The van der Waals surface area contributed by atoms with Gasteiger partial charge in [-0.05, 0) is 37.3 Å². The second-order valence-electron chi connectivity index (χ2n) is 6.20. The van der Waals surface area contributed by atoms with Gasteiger partial charge in [0, 0.05) is 24.7 Å². The second-order valence-corrected chi connectivity index (χ2v) is 6.20. The van der Waals surface area contributed by atoms with Crippen molar-refractivity contribution in [2.24, 2.45) is 0 Å². The molecule has 26 heavy (non-hydrogen) atoms. The molecule has 2 aromatic carbocycles. The summed E-state index contributed by atoms with van der Waals surface area (Å²) in [6.07, 6.45) is 0. The number of benzene rings is 2. The summed E-state index contributed by atoms with van der Waals surface area (Å²) in [5, 5.41) is 0. The van der Waals surface area contributed by atoms with Crippen LogP contribution in [0.5, 0.6) is 0 Å². The number of ether oxygens (including phenoxy) is 1. The highest BCUT2D eigenvalue weighted by atomic mass is 19.1. The Hall–Kier alpha value is -2.80. The number of morpholine rings is 1. The van der Waals surface area contributed by atoms with Crippen LogP contribution in [-0.2, 0) is 4.74 Å². The maximum Gasteiger partial charge on any atom is 0.254 e. The number of carbonyl (C=O) groups excluding carboxylic acids is 1. The number of hydrogen-bond acceptors (Lipinski definition) is 3. The van der Waals surface area contributed by atoms with E-state index in [1.54, 1.807) is 34.6 Å². The Labute approximate surface area is 148 Å². The molecule has 0 radical (unpaired) electrons. The first-order chi connectivity index (χ1) is 12.5. The molecule has 0 aliphatic carbocycles. The van der Waals surface area contributed by atoms with Crippen LogP contribution in [0.15, 0.2) is 36.4 Å². The molecule has 0 saturated carbocycles. The Morgan fingerprint density at radius 1 is 1.12 bits per heavy atom. The van der Waals surface area contributed by atoms with Gasteiger partial charge in [-0.3, -0.25) is 9.36 Å². The monoisotopic (exact) mass is 357 g/mol. The maximum absolute atomic E-state index is 14.2. The Morgan fingerprint density at radius 3 is 2.62 bits per heavy atom. The van der Waals surface area contributed by atoms with Crippen molar-refractivity contribution in [3.05, 3.63) is 59.4 Å². The molecule has 0 unspecified atom stereocenters. The van der Waals surface area contributed by atoms with E-state index in [-0.39, 0.29) is 11.6 Å². The van der Waals surface area contributed by atoms with Crippen molar-refractivity contribution in [3.63, 3.8) is 0 Å². The number of nitrogens with zero attached hydrogens (tertiary/aromatic N) is 3. The normalized spacial score (nSPS) is 14.8. The molecule has 4 rings (SSSR count). The number of imidazole rings is 1. The van der Waals surface area contributed by atoms with Gasteiger partial charge in [0.15, 0.2) is 0 Å². The van der Waals surface area contributed by atoms with Crippen molar-refractivity contribution in [1.82, 2.24) is 14.5 Å². The maximum atomic E-state index is 14.2. The molecule has 134 valence electrons. The summed E-state index contributed by atoms with van der Waals surface area (Å²) in [7, 11) is 0. The molecule has 1 amide bonds. The van der Waals surface area contributed by atoms with Crippen molar-refractivity contribution < 1.29 is 18.3 Å². The molecule has 0 bridgehead atoms. The number of rotatable bonds is 2. The van der Waals surface area contributed by atoms with Crippen LogP contribution in [0.2, 0.25) is 0 Å². The van der Waals surface area contributed by atoms with Crippen LogP contribution in [0.25, 0.3) is 16.7 Å². The fourth-order valence-corrected chi connectivity index (χ4v) is 3.25. The van der Waals surface area contributed by atoms with E-state index in [0.717, 1.165) is 6.07 Å². The first kappa shape index (κ1) is 16.7. The van der Waals surface area contributed by atoms with Crippen LogP contribution in [-0.4, -0.2) is 46.7 Å². The standard InChI is InChI=1S/C19H17F2N3O2/c1-12-22-16-10-13(19(25)23-6-8-26-9-7-23)2-4-18(16)24(12)17-5-3-14(20)11-15(17)21/h2-5,10-11H,6-9H2,1H3. The van der Waals surface area contributed by atoms with Crippen LogP contribution in [0.4, 0.5) is 8.78 Å². The molecule has 1 saturated heterocycles. The molecule has 0 spiro atoms. The molecule has 5 nitrogen and oxygen atoms in total. The van der Waals surface area contributed by atoms with Crippen molar-refractivity contribution in [2.45, 2.75) is 6.92 Å². The van der Waals surface area contributed by atoms with Crippen LogP contribution in [0.1, 0.15) is 16.2 Å². The van der Waals surface area contributed by atoms with Gasteiger partial charge in [0.2, 0.25) is 0 Å². The second kappa shape index (κ2) is 6.49. The molecule has 1 fully saturated rings. The lowest BCUT2D eigenvalue weighted by Crippen LogP contribution is -2.40. The molecule has 2 heterocycles. The van der Waals surface area contributed by atoms with E-state index in [1.807, 2.05) is 0 Å². The van der Waals surface area contributed by atoms with Crippen LogP contribution in [0.3, 0.4) is 0 Å². The minimum absolute atomic E-state index is 0.0737. The summed E-state index contributed by atoms with van der Waals surface area (Å²) >= 11 is 0. The van der Waals surface area contributed by atoms with Gasteiger partial charge in [-0.1, -0.05) is 0 Å². The van der Waals surface area contributed by atoms with Gasteiger partial charge in [0.25, 0.3) is 5.91 Å². The zero-order valence-electron chi connectivity index (χ0n) is 14.2. The first-order valence-corrected chi connectivity index (χ1v) is 8.36. The fraction of sp³-hybridized carbons (Fsp3) is 0.263. The van der Waals surface area contributed by atoms with Gasteiger partial charge in [-0.15, -0.1) is 0 Å². The van der Waals surface area contributed by atoms with Crippen molar-refractivity contribution in [3.8, 4) is 5.69 Å². The molecule has 0 N–H and O–H groups in total. The zero-order chi connectivity index (χ0) is 18.3. The van der Waals surface area contributed by atoms with Crippen LogP contribution < -0.4 is 0 Å². The molecular formula is C19H17F2N3O2. The molecule has 0 atom stereocenters. The lowest BCUT2D eigenvalue weighted by Gasteiger charge is -2.26. The van der Waals surface area contributed by atoms with Gasteiger partial charge in [-0.2, -0.15) is 0 Å². The number of hydrogen-bond donors (Lipinski definition) is 0. The number of carbonyl (C=O) groups is 1. The summed E-state index contributed by atoms with van der Waals surface area (Å²) < 4.78 is 34.3. The van der Waals surface area contributed by atoms with E-state index in [9.17, 15) is 13.6 Å². The predicted molar refractivity (Wildman–Crippen MR) is 92.4 cm³/mol. The summed E-state index contributed by atoms with van der Waals surface area (Å²) in [5.74, 6) is -0.815. The number of aromatic nitrogens is 2. The van der Waals surface area contributed by atoms with E-state index >= 15 is 0 Å². The fourth-order valence-electron chi connectivity index (χ4n) is 3.25. The summed E-state index contributed by atoms with van der Waals surface area (Å²) in [5.41, 5.74) is 2.00. The van der Waals surface area contributed by atoms with Crippen molar-refractivity contribution >= 4 is 16.9 Å². The van der Waals surface area contributed by atoms with E-state index in [2.05, 4.69) is 4.98 Å². The topological polar surface area (TPSA) is 47.4 Å². The smallest absolute Gasteiger partial charge is 0.254 e. The van der Waals surface area contributed by atoms with E-state index < -0.39 is 11.6 Å². The number of halogens is 2. The molecular weight excluding hydrogens is 340 g/mol. The Kier molecular flexibility index (Phi) is 4.16. The lowest BCUT2D eigenvalue weighted by molar-refractivity contribution is 0.0303. The average molecular weight is 357 g/mol. The largest absolute Gasteiger partial charge is 0.378 e. The highest BCUT2D eigenvalue weighted by molar-refractivity contribution is 5.97. The van der Waals surface area contributed by atoms with Crippen molar-refractivity contribution in [2.75, 3.05) is 26.3 Å². The SMILES string of the molecule is Cc1nc2cc(C(=O)N3CCOCC3)ccc2n1-c1ccc(F)cc1F. The highest BCUT2D eigenvalue weighted by Gasteiger charge is 2.20. The predicted octanol–water partition coefficient (Wildman–Crippen LogP) is 3.08. The van der Waals surface area contributed by atoms with Crippen LogP contribution >= 0.6 is 0 Å². The summed E-state index contributed by atoms with van der Waals surface area (Å²) in [4.78, 5) is 18.8. The Morgan fingerprint density at radius 2 is 1.88 bits per heavy atom. The van der Waals surface area contributed by atoms with E-state index in [0.29, 0.717) is 48.7 Å². The Bertz CT molecular complexity index is 994. The molecule has 7 heteroatoms. The van der Waals surface area contributed by atoms with Gasteiger partial charge < -0.3 is 9.64 Å². The summed E-state index contributed by atoms with van der Waals surface area (Å²) in [6.45, 7) is 3.93. The molecule has 3 aromatic rings. The van der Waals surface area contributed by atoms with E-state index in [4.69, 9.17) is 4.74 Å². The quantitative estimate of drug-likeness (QED) is 0.708. The molecule has 1 aliphatic rings. The zero-order valence-corrected chi connectivity index (χ0v) is 14.2. The summed E-state index contributed by atoms with van der Waals surface area (Å²) in [6, 6.07) is 8.59. The van der Waals surface area contributed by atoms with E-state index in [1.165, 1.54) is 12.1 Å². The van der Waals surface area contributed by atoms with Crippen molar-refractivity contribution in [1.29, 1.82) is 0 Å². The third kappa shape index (κ3) is 2.84.